The topological polar surface area (TPSA) is 73.4 Å². The number of fused-ring (bicyclic) bond motifs is 1. The monoisotopic (exact) mass is 472 g/mol. The van der Waals surface area contributed by atoms with Gasteiger partial charge in [0.1, 0.15) is 17.3 Å². The fraction of sp³-hybridized carbons (Fsp3) is 0.393. The van der Waals surface area contributed by atoms with Gasteiger partial charge in [0.25, 0.3) is 0 Å². The minimum atomic E-state index is 0.143. The first-order valence-electron chi connectivity index (χ1n) is 12.3. The van der Waals surface area contributed by atoms with Gasteiger partial charge in [-0.3, -0.25) is 4.79 Å². The van der Waals surface area contributed by atoms with Gasteiger partial charge in [-0.05, 0) is 56.9 Å². The second kappa shape index (κ2) is 9.94. The van der Waals surface area contributed by atoms with Crippen LogP contribution >= 0.6 is 0 Å². The largest absolute Gasteiger partial charge is 0.496 e. The lowest BCUT2D eigenvalue weighted by molar-refractivity contribution is -0.131. The number of aromatic nitrogens is 3. The van der Waals surface area contributed by atoms with E-state index in [9.17, 15) is 4.79 Å². The highest BCUT2D eigenvalue weighted by molar-refractivity contribution is 5.79. The fourth-order valence-corrected chi connectivity index (χ4v) is 5.22. The number of rotatable bonds is 7. The number of benzene rings is 2. The minimum absolute atomic E-state index is 0.143. The molecule has 0 unspecified atom stereocenters. The Morgan fingerprint density at radius 2 is 1.80 bits per heavy atom. The standard InChI is InChI=1S/C28H32N4O3/c1-19-23(20(2)35-30-19)18-28(33)31-16-14-22(15-17-31)32-25-10-6-5-9-24(25)29-27(32)13-12-21-8-4-7-11-26(21)34-3/h4-11,22H,12-18H2,1-3H3. The van der Waals surface area contributed by atoms with Crippen molar-refractivity contribution in [3.63, 3.8) is 0 Å². The molecule has 0 spiro atoms. The first-order valence-corrected chi connectivity index (χ1v) is 12.3. The molecule has 0 aliphatic carbocycles. The Balaban J connectivity index is 1.32. The number of imidazole rings is 1. The molecular weight excluding hydrogens is 440 g/mol. The van der Waals surface area contributed by atoms with Crippen molar-refractivity contribution in [2.45, 2.75) is 52.0 Å². The van der Waals surface area contributed by atoms with Gasteiger partial charge in [-0.15, -0.1) is 0 Å². The summed E-state index contributed by atoms with van der Waals surface area (Å²) in [5.41, 5.74) is 5.10. The number of methoxy groups -OCH3 is 1. The molecule has 3 heterocycles. The molecule has 1 fully saturated rings. The summed E-state index contributed by atoms with van der Waals surface area (Å²) in [6.07, 6.45) is 3.87. The van der Waals surface area contributed by atoms with E-state index in [-0.39, 0.29) is 5.91 Å². The lowest BCUT2D eigenvalue weighted by Gasteiger charge is -2.33. The van der Waals surface area contributed by atoms with Crippen LogP contribution in [0.4, 0.5) is 0 Å². The van der Waals surface area contributed by atoms with Crippen molar-refractivity contribution in [1.29, 1.82) is 0 Å². The summed E-state index contributed by atoms with van der Waals surface area (Å²) < 4.78 is 13.2. The van der Waals surface area contributed by atoms with Gasteiger partial charge in [0.05, 0.1) is 30.3 Å². The van der Waals surface area contributed by atoms with E-state index in [1.807, 2.05) is 36.9 Å². The third-order valence-electron chi connectivity index (χ3n) is 7.17. The molecule has 7 heteroatoms. The van der Waals surface area contributed by atoms with Crippen molar-refractivity contribution in [1.82, 2.24) is 19.6 Å². The number of hydrogen-bond acceptors (Lipinski definition) is 5. The Labute approximate surface area is 205 Å². The van der Waals surface area contributed by atoms with Crippen LogP contribution in [0, 0.1) is 13.8 Å². The summed E-state index contributed by atoms with van der Waals surface area (Å²) in [4.78, 5) is 20.0. The molecule has 0 saturated carbocycles. The van der Waals surface area contributed by atoms with Crippen LogP contribution in [0.5, 0.6) is 5.75 Å². The van der Waals surface area contributed by atoms with Crippen molar-refractivity contribution in [2.75, 3.05) is 20.2 Å². The molecule has 1 saturated heterocycles. The second-order valence-electron chi connectivity index (χ2n) is 9.29. The van der Waals surface area contributed by atoms with E-state index >= 15 is 0 Å². The first-order chi connectivity index (χ1) is 17.0. The van der Waals surface area contributed by atoms with Gasteiger partial charge in [0.2, 0.25) is 5.91 Å². The van der Waals surface area contributed by atoms with E-state index in [4.69, 9.17) is 14.2 Å². The average Bonchev–Trinajstić information content (AvgIpc) is 3.42. The molecule has 0 radical (unpaired) electrons. The van der Waals surface area contributed by atoms with E-state index in [2.05, 4.69) is 40.1 Å². The number of carbonyl (C=O) groups is 1. The zero-order valence-electron chi connectivity index (χ0n) is 20.7. The van der Waals surface area contributed by atoms with Crippen LogP contribution in [0.15, 0.2) is 53.1 Å². The predicted octanol–water partition coefficient (Wildman–Crippen LogP) is 4.84. The van der Waals surface area contributed by atoms with Gasteiger partial charge in [0.15, 0.2) is 0 Å². The number of nitrogens with zero attached hydrogens (tertiary/aromatic N) is 4. The molecule has 182 valence electrons. The van der Waals surface area contributed by atoms with Gasteiger partial charge < -0.3 is 18.7 Å². The zero-order chi connectivity index (χ0) is 24.4. The quantitative estimate of drug-likeness (QED) is 0.385. The van der Waals surface area contributed by atoms with Crippen LogP contribution in [0.25, 0.3) is 11.0 Å². The summed E-state index contributed by atoms with van der Waals surface area (Å²) in [5.74, 6) is 2.89. The Kier molecular flexibility index (Phi) is 6.57. The van der Waals surface area contributed by atoms with Crippen molar-refractivity contribution in [2.24, 2.45) is 0 Å². The highest BCUT2D eigenvalue weighted by Crippen LogP contribution is 2.30. The molecule has 35 heavy (non-hydrogen) atoms. The summed E-state index contributed by atoms with van der Waals surface area (Å²) in [5, 5.41) is 3.99. The SMILES string of the molecule is COc1ccccc1CCc1nc2ccccc2n1C1CCN(C(=O)Cc2c(C)noc2C)CC1. The lowest BCUT2D eigenvalue weighted by Crippen LogP contribution is -2.40. The minimum Gasteiger partial charge on any atom is -0.496 e. The smallest absolute Gasteiger partial charge is 0.227 e. The fourth-order valence-electron chi connectivity index (χ4n) is 5.22. The molecule has 5 rings (SSSR count). The Morgan fingerprint density at radius 3 is 2.54 bits per heavy atom. The highest BCUT2D eigenvalue weighted by Gasteiger charge is 2.27. The maximum Gasteiger partial charge on any atom is 0.227 e. The van der Waals surface area contributed by atoms with Crippen molar-refractivity contribution in [3.05, 3.63) is 76.9 Å². The van der Waals surface area contributed by atoms with Crippen molar-refractivity contribution < 1.29 is 14.1 Å². The van der Waals surface area contributed by atoms with Crippen LogP contribution < -0.4 is 4.74 Å². The number of likely N-dealkylation sites (tertiary alicyclic amines) is 1. The van der Waals surface area contributed by atoms with Crippen LogP contribution in [0.3, 0.4) is 0 Å². The molecule has 1 aliphatic rings. The van der Waals surface area contributed by atoms with Gasteiger partial charge in [-0.1, -0.05) is 35.5 Å². The third-order valence-corrected chi connectivity index (χ3v) is 7.17. The maximum absolute atomic E-state index is 13.0. The van der Waals surface area contributed by atoms with Crippen LogP contribution in [-0.4, -0.2) is 45.7 Å². The van der Waals surface area contributed by atoms with E-state index in [1.54, 1.807) is 7.11 Å². The molecular formula is C28H32N4O3. The first kappa shape index (κ1) is 23.1. The molecule has 4 aromatic rings. The summed E-state index contributed by atoms with van der Waals surface area (Å²) in [6, 6.07) is 16.9. The number of ether oxygens (including phenoxy) is 1. The van der Waals surface area contributed by atoms with E-state index in [0.29, 0.717) is 12.5 Å². The van der Waals surface area contributed by atoms with Crippen molar-refractivity contribution >= 4 is 16.9 Å². The van der Waals surface area contributed by atoms with Crippen LogP contribution in [-0.2, 0) is 24.1 Å². The zero-order valence-corrected chi connectivity index (χ0v) is 20.7. The molecule has 2 aromatic heterocycles. The molecule has 7 nitrogen and oxygen atoms in total. The van der Waals surface area contributed by atoms with Gasteiger partial charge in [0, 0.05) is 31.1 Å². The van der Waals surface area contributed by atoms with E-state index in [0.717, 1.165) is 72.9 Å². The molecule has 0 bridgehead atoms. The summed E-state index contributed by atoms with van der Waals surface area (Å²) in [6.45, 7) is 5.24. The Bertz CT molecular complexity index is 1310. The number of piperidine rings is 1. The number of aryl methyl sites for hydroxylation is 4. The number of para-hydroxylation sites is 3. The summed E-state index contributed by atoms with van der Waals surface area (Å²) >= 11 is 0. The van der Waals surface area contributed by atoms with Crippen molar-refractivity contribution in [3.8, 4) is 5.75 Å². The number of hydrogen-bond donors (Lipinski definition) is 0. The normalized spacial score (nSPS) is 14.5. The second-order valence-corrected chi connectivity index (χ2v) is 9.29. The summed E-state index contributed by atoms with van der Waals surface area (Å²) in [7, 11) is 1.72. The van der Waals surface area contributed by atoms with E-state index < -0.39 is 0 Å². The number of carbonyl (C=O) groups excluding carboxylic acids is 1. The maximum atomic E-state index is 13.0. The van der Waals surface area contributed by atoms with Gasteiger partial charge in [-0.2, -0.15) is 0 Å². The van der Waals surface area contributed by atoms with Gasteiger partial charge in [-0.25, -0.2) is 4.98 Å². The average molecular weight is 473 g/mol. The van der Waals surface area contributed by atoms with Crippen LogP contribution in [0.1, 0.15) is 47.3 Å². The number of amides is 1. The third kappa shape index (κ3) is 4.67. The predicted molar refractivity (Wildman–Crippen MR) is 135 cm³/mol. The Hall–Kier alpha value is -3.61. The van der Waals surface area contributed by atoms with Gasteiger partial charge >= 0.3 is 0 Å². The molecule has 2 aromatic carbocycles. The molecule has 1 amide bonds. The molecule has 0 atom stereocenters. The molecule has 1 aliphatic heterocycles. The lowest BCUT2D eigenvalue weighted by atomic mass is 10.0. The van der Waals surface area contributed by atoms with Crippen LogP contribution in [0.2, 0.25) is 0 Å². The highest BCUT2D eigenvalue weighted by atomic mass is 16.5. The molecule has 0 N–H and O–H groups in total. The van der Waals surface area contributed by atoms with E-state index in [1.165, 1.54) is 11.1 Å². The Morgan fingerprint density at radius 1 is 1.06 bits per heavy atom.